The van der Waals surface area contributed by atoms with Crippen LogP contribution in [0.5, 0.6) is 0 Å². The Morgan fingerprint density at radius 3 is 2.78 bits per heavy atom. The summed E-state index contributed by atoms with van der Waals surface area (Å²) in [6.45, 7) is 2.21. The Kier molecular flexibility index (Phi) is 4.67. The van der Waals surface area contributed by atoms with Crippen molar-refractivity contribution in [2.45, 2.75) is 38.6 Å². The van der Waals surface area contributed by atoms with E-state index < -0.39 is 0 Å². The summed E-state index contributed by atoms with van der Waals surface area (Å²) >= 11 is 0. The van der Waals surface area contributed by atoms with Crippen LogP contribution in [0.1, 0.15) is 44.3 Å². The van der Waals surface area contributed by atoms with E-state index in [9.17, 15) is 0 Å². The molecule has 0 spiro atoms. The highest BCUT2D eigenvalue weighted by Gasteiger charge is 2.10. The zero-order chi connectivity index (χ0) is 12.8. The van der Waals surface area contributed by atoms with E-state index in [1.165, 1.54) is 24.6 Å². The van der Waals surface area contributed by atoms with Crippen molar-refractivity contribution < 1.29 is 0 Å². The molecule has 0 aliphatic carbocycles. The monoisotopic (exact) mass is 243 g/mol. The average Bonchev–Trinajstić information content (AvgIpc) is 2.43. The smallest absolute Gasteiger partial charge is 0.0706 e. The van der Waals surface area contributed by atoms with Crippen LogP contribution >= 0.6 is 0 Å². The molecule has 0 aliphatic rings. The quantitative estimate of drug-likeness (QED) is 0.465. The standard InChI is InChI=1S/C15H21N3/c1-2-3-4-9-15(18-16)14-11-10-12-7-5-6-8-13(12)17-14/h5-8,10-11,15,18H,2-4,9,16H2,1H3. The van der Waals surface area contributed by atoms with Crippen LogP contribution < -0.4 is 11.3 Å². The van der Waals surface area contributed by atoms with E-state index >= 15 is 0 Å². The van der Waals surface area contributed by atoms with Gasteiger partial charge in [-0.05, 0) is 18.6 Å². The molecule has 96 valence electrons. The zero-order valence-electron chi connectivity index (χ0n) is 10.9. The molecule has 1 unspecified atom stereocenters. The Morgan fingerprint density at radius 1 is 1.17 bits per heavy atom. The van der Waals surface area contributed by atoms with Crippen LogP contribution in [0.3, 0.4) is 0 Å². The van der Waals surface area contributed by atoms with Crippen LogP contribution in [0, 0.1) is 0 Å². The molecule has 2 aromatic rings. The van der Waals surface area contributed by atoms with Gasteiger partial charge in [-0.2, -0.15) is 0 Å². The van der Waals surface area contributed by atoms with Gasteiger partial charge in [-0.3, -0.25) is 16.3 Å². The molecule has 0 aliphatic heterocycles. The second-order valence-electron chi connectivity index (χ2n) is 4.64. The third-order valence-electron chi connectivity index (χ3n) is 3.27. The first-order chi connectivity index (χ1) is 8.85. The summed E-state index contributed by atoms with van der Waals surface area (Å²) in [6.07, 6.45) is 4.68. The number of hydrogen-bond acceptors (Lipinski definition) is 3. The fraction of sp³-hybridized carbons (Fsp3) is 0.400. The Balaban J connectivity index is 2.17. The summed E-state index contributed by atoms with van der Waals surface area (Å²) in [7, 11) is 0. The van der Waals surface area contributed by atoms with Gasteiger partial charge in [0.1, 0.15) is 0 Å². The fourth-order valence-electron chi connectivity index (χ4n) is 2.19. The van der Waals surface area contributed by atoms with Gasteiger partial charge in [-0.1, -0.05) is 50.5 Å². The van der Waals surface area contributed by atoms with Gasteiger partial charge in [0, 0.05) is 5.39 Å². The average molecular weight is 243 g/mol. The molecule has 3 N–H and O–H groups in total. The number of nitrogens with one attached hydrogen (secondary N) is 1. The summed E-state index contributed by atoms with van der Waals surface area (Å²) in [5, 5.41) is 1.17. The predicted molar refractivity (Wildman–Crippen MR) is 75.9 cm³/mol. The van der Waals surface area contributed by atoms with E-state index in [0.717, 1.165) is 17.6 Å². The summed E-state index contributed by atoms with van der Waals surface area (Å²) in [6, 6.07) is 12.5. The van der Waals surface area contributed by atoms with Gasteiger partial charge in [-0.25, -0.2) is 0 Å². The van der Waals surface area contributed by atoms with Crippen molar-refractivity contribution in [3.63, 3.8) is 0 Å². The molecule has 1 aromatic carbocycles. The number of nitrogens with two attached hydrogens (primary N) is 1. The molecule has 0 bridgehead atoms. The number of unbranched alkanes of at least 4 members (excludes halogenated alkanes) is 2. The lowest BCUT2D eigenvalue weighted by molar-refractivity contribution is 0.478. The van der Waals surface area contributed by atoms with Crippen molar-refractivity contribution in [3.8, 4) is 0 Å². The van der Waals surface area contributed by atoms with E-state index in [-0.39, 0.29) is 6.04 Å². The second-order valence-corrected chi connectivity index (χ2v) is 4.64. The number of hydrazine groups is 1. The predicted octanol–water partition coefficient (Wildman–Crippen LogP) is 3.32. The number of para-hydroxylation sites is 1. The third kappa shape index (κ3) is 3.06. The number of fused-ring (bicyclic) bond motifs is 1. The first kappa shape index (κ1) is 13.0. The number of pyridine rings is 1. The molecule has 0 fully saturated rings. The van der Waals surface area contributed by atoms with Gasteiger partial charge < -0.3 is 0 Å². The van der Waals surface area contributed by atoms with Crippen LogP contribution in [0.2, 0.25) is 0 Å². The molecular weight excluding hydrogens is 222 g/mol. The van der Waals surface area contributed by atoms with Crippen LogP contribution in [0.15, 0.2) is 36.4 Å². The van der Waals surface area contributed by atoms with Gasteiger partial charge in [-0.15, -0.1) is 0 Å². The highest BCUT2D eigenvalue weighted by molar-refractivity contribution is 5.78. The lowest BCUT2D eigenvalue weighted by Crippen LogP contribution is -2.28. The van der Waals surface area contributed by atoms with Crippen LogP contribution in [-0.2, 0) is 0 Å². The van der Waals surface area contributed by atoms with Gasteiger partial charge in [0.15, 0.2) is 0 Å². The van der Waals surface area contributed by atoms with Gasteiger partial charge in [0.2, 0.25) is 0 Å². The lowest BCUT2D eigenvalue weighted by Gasteiger charge is -2.15. The highest BCUT2D eigenvalue weighted by Crippen LogP contribution is 2.20. The first-order valence-electron chi connectivity index (χ1n) is 6.67. The van der Waals surface area contributed by atoms with Crippen LogP contribution in [-0.4, -0.2) is 4.98 Å². The van der Waals surface area contributed by atoms with E-state index in [1.54, 1.807) is 0 Å². The Labute approximate surface area is 108 Å². The third-order valence-corrected chi connectivity index (χ3v) is 3.27. The molecule has 18 heavy (non-hydrogen) atoms. The van der Waals surface area contributed by atoms with E-state index in [0.29, 0.717) is 0 Å². The number of hydrogen-bond donors (Lipinski definition) is 2. The Morgan fingerprint density at radius 2 is 2.00 bits per heavy atom. The molecule has 0 saturated carbocycles. The van der Waals surface area contributed by atoms with E-state index in [2.05, 4.69) is 35.5 Å². The van der Waals surface area contributed by atoms with Crippen molar-refractivity contribution in [2.75, 3.05) is 0 Å². The fourth-order valence-corrected chi connectivity index (χ4v) is 2.19. The Hall–Kier alpha value is -1.45. The highest BCUT2D eigenvalue weighted by atomic mass is 15.2. The minimum absolute atomic E-state index is 0.154. The maximum absolute atomic E-state index is 5.64. The second kappa shape index (κ2) is 6.47. The summed E-state index contributed by atoms with van der Waals surface area (Å²) in [4.78, 5) is 4.68. The van der Waals surface area contributed by atoms with Crippen LogP contribution in [0.4, 0.5) is 0 Å². The molecule has 1 atom stereocenters. The van der Waals surface area contributed by atoms with Crippen molar-refractivity contribution in [1.29, 1.82) is 0 Å². The van der Waals surface area contributed by atoms with E-state index in [1.807, 2.05) is 18.2 Å². The number of rotatable bonds is 6. The summed E-state index contributed by atoms with van der Waals surface area (Å²) in [5.74, 6) is 5.64. The number of nitrogens with zero attached hydrogens (tertiary/aromatic N) is 1. The molecule has 0 saturated heterocycles. The normalized spacial score (nSPS) is 12.8. The van der Waals surface area contributed by atoms with Crippen molar-refractivity contribution in [2.24, 2.45) is 5.84 Å². The summed E-state index contributed by atoms with van der Waals surface area (Å²) < 4.78 is 0. The van der Waals surface area contributed by atoms with Crippen molar-refractivity contribution >= 4 is 10.9 Å². The number of benzene rings is 1. The minimum atomic E-state index is 0.154. The molecule has 2 rings (SSSR count). The molecular formula is C15H21N3. The van der Waals surface area contributed by atoms with E-state index in [4.69, 9.17) is 5.84 Å². The Bertz CT molecular complexity index is 496. The number of aromatic nitrogens is 1. The first-order valence-corrected chi connectivity index (χ1v) is 6.67. The van der Waals surface area contributed by atoms with Crippen LogP contribution in [0.25, 0.3) is 10.9 Å². The van der Waals surface area contributed by atoms with Crippen molar-refractivity contribution in [3.05, 3.63) is 42.1 Å². The maximum atomic E-state index is 5.64. The molecule has 0 radical (unpaired) electrons. The van der Waals surface area contributed by atoms with Crippen molar-refractivity contribution in [1.82, 2.24) is 10.4 Å². The van der Waals surface area contributed by atoms with Gasteiger partial charge >= 0.3 is 0 Å². The summed E-state index contributed by atoms with van der Waals surface area (Å²) in [5.41, 5.74) is 4.95. The largest absolute Gasteiger partial charge is 0.271 e. The lowest BCUT2D eigenvalue weighted by atomic mass is 10.0. The van der Waals surface area contributed by atoms with Gasteiger partial charge in [0.05, 0.1) is 17.3 Å². The molecule has 3 heteroatoms. The van der Waals surface area contributed by atoms with Gasteiger partial charge in [0.25, 0.3) is 0 Å². The molecule has 1 aromatic heterocycles. The molecule has 3 nitrogen and oxygen atoms in total. The maximum Gasteiger partial charge on any atom is 0.0706 e. The molecule has 1 heterocycles. The SMILES string of the molecule is CCCCCC(NN)c1ccc2ccccc2n1. The minimum Gasteiger partial charge on any atom is -0.271 e. The zero-order valence-corrected chi connectivity index (χ0v) is 10.9. The molecule has 0 amide bonds. The topological polar surface area (TPSA) is 50.9 Å².